The van der Waals surface area contributed by atoms with Gasteiger partial charge in [0.15, 0.2) is 21.7 Å². The van der Waals surface area contributed by atoms with E-state index >= 15 is 0 Å². The first kappa shape index (κ1) is 21.0. The smallest absolute Gasteiger partial charge is 0.437 e. The predicted octanol–water partition coefficient (Wildman–Crippen LogP) is 4.40. The normalized spacial score (nSPS) is 12.4. The van der Waals surface area contributed by atoms with E-state index in [4.69, 9.17) is 27.9 Å². The number of carbonyl (C=O) groups excluding carboxylic acids is 1. The van der Waals surface area contributed by atoms with Gasteiger partial charge in [-0.2, -0.15) is 41.1 Å². The molecule has 8 nitrogen and oxygen atoms in total. The molecule has 0 radical (unpaired) electrons. The van der Waals surface area contributed by atoms with Gasteiger partial charge in [-0.1, -0.05) is 23.2 Å². The van der Waals surface area contributed by atoms with Crippen LogP contribution in [0.25, 0.3) is 11.3 Å². The molecule has 0 amide bonds. The first-order valence-corrected chi connectivity index (χ1v) is 7.83. The third-order valence-electron chi connectivity index (χ3n) is 3.35. The number of rotatable bonds is 2. The summed E-state index contributed by atoms with van der Waals surface area (Å²) in [6.07, 6.45) is -10.7. The topological polar surface area (TPSA) is 83.5 Å². The second kappa shape index (κ2) is 6.95. The minimum atomic E-state index is -5.23. The fourth-order valence-corrected chi connectivity index (χ4v) is 2.77. The van der Waals surface area contributed by atoms with Crippen LogP contribution in [0.1, 0.15) is 11.4 Å². The van der Waals surface area contributed by atoms with Crippen molar-refractivity contribution in [1.29, 1.82) is 0 Å². The fraction of sp³-hybridized carbons (Fsp3) is 0.231. The number of methoxy groups -OCH3 is 1. The minimum absolute atomic E-state index is 0.136. The van der Waals surface area contributed by atoms with Crippen molar-refractivity contribution >= 4 is 35.0 Å². The lowest BCUT2D eigenvalue weighted by Crippen LogP contribution is -2.15. The van der Waals surface area contributed by atoms with Gasteiger partial charge >= 0.3 is 18.5 Å². The van der Waals surface area contributed by atoms with Gasteiger partial charge in [-0.15, -0.1) is 0 Å². The highest BCUT2D eigenvalue weighted by Gasteiger charge is 2.43. The van der Waals surface area contributed by atoms with Gasteiger partial charge in [0.2, 0.25) is 5.65 Å². The van der Waals surface area contributed by atoms with Gasteiger partial charge in [-0.3, -0.25) is 0 Å². The number of hydrogen-bond donors (Lipinski definition) is 0. The molecule has 0 unspecified atom stereocenters. The Morgan fingerprint density at radius 1 is 1.14 bits per heavy atom. The summed E-state index contributed by atoms with van der Waals surface area (Å²) in [5.74, 6) is -0.320. The van der Waals surface area contributed by atoms with Crippen LogP contribution in [0.2, 0.25) is 10.3 Å². The highest BCUT2D eigenvalue weighted by Crippen LogP contribution is 2.39. The monoisotopic (exact) mass is 463 g/mol. The minimum Gasteiger partial charge on any atom is -0.437 e. The van der Waals surface area contributed by atoms with Crippen LogP contribution in [0.15, 0.2) is 12.3 Å². The first-order valence-electron chi connectivity index (χ1n) is 7.08. The molecule has 0 N–H and O–H groups in total. The van der Waals surface area contributed by atoms with Crippen molar-refractivity contribution in [3.05, 3.63) is 34.0 Å². The van der Waals surface area contributed by atoms with E-state index in [1.807, 2.05) is 0 Å². The van der Waals surface area contributed by atoms with Gasteiger partial charge in [-0.05, 0) is 0 Å². The number of hydrogen-bond acceptors (Lipinski definition) is 6. The number of alkyl halides is 6. The number of halogens is 8. The van der Waals surface area contributed by atoms with Crippen LogP contribution in [0.4, 0.5) is 31.1 Å². The number of carbonyl (C=O) groups is 1. The maximum absolute atomic E-state index is 13.3. The van der Waals surface area contributed by atoms with E-state index in [0.29, 0.717) is 4.52 Å². The van der Waals surface area contributed by atoms with Gasteiger partial charge in [-0.25, -0.2) is 14.5 Å². The molecular weight excluding hydrogens is 459 g/mol. The van der Waals surface area contributed by atoms with E-state index in [1.54, 1.807) is 0 Å². The van der Waals surface area contributed by atoms with Gasteiger partial charge in [0.05, 0.1) is 13.3 Å². The summed E-state index contributed by atoms with van der Waals surface area (Å²) in [4.78, 5) is 14.9. The van der Waals surface area contributed by atoms with Crippen molar-refractivity contribution in [3.8, 4) is 11.4 Å². The molecule has 3 aromatic rings. The predicted molar refractivity (Wildman–Crippen MR) is 83.2 cm³/mol. The Morgan fingerprint density at radius 2 is 1.79 bits per heavy atom. The Kier molecular flexibility index (Phi) is 5.03. The van der Waals surface area contributed by atoms with Gasteiger partial charge in [0.1, 0.15) is 11.4 Å². The molecule has 0 saturated carbocycles. The lowest BCUT2D eigenvalue weighted by Gasteiger charge is -2.13. The molecule has 0 spiro atoms. The molecular formula is C13H5Cl2F6N5O3. The lowest BCUT2D eigenvalue weighted by molar-refractivity contribution is -0.143. The Bertz CT molecular complexity index is 1110. The van der Waals surface area contributed by atoms with Crippen LogP contribution in [0.3, 0.4) is 0 Å². The molecule has 0 aliphatic heterocycles. The van der Waals surface area contributed by atoms with Crippen molar-refractivity contribution < 1.29 is 40.6 Å². The quantitative estimate of drug-likeness (QED) is 0.318. The van der Waals surface area contributed by atoms with Crippen LogP contribution < -0.4 is 4.74 Å². The molecule has 3 aromatic heterocycles. The summed E-state index contributed by atoms with van der Waals surface area (Å²) in [5.41, 5.74) is -4.76. The van der Waals surface area contributed by atoms with E-state index in [2.05, 4.69) is 19.9 Å². The highest BCUT2D eigenvalue weighted by atomic mass is 35.5. The maximum atomic E-state index is 13.3. The van der Waals surface area contributed by atoms with Crippen molar-refractivity contribution in [3.63, 3.8) is 0 Å². The van der Waals surface area contributed by atoms with E-state index in [-0.39, 0.29) is 22.1 Å². The van der Waals surface area contributed by atoms with Gasteiger partial charge < -0.3 is 9.47 Å². The lowest BCUT2D eigenvalue weighted by atomic mass is 10.3. The van der Waals surface area contributed by atoms with Crippen LogP contribution in [0, 0.1) is 0 Å². The Labute approximate surface area is 165 Å². The van der Waals surface area contributed by atoms with Crippen molar-refractivity contribution in [2.45, 2.75) is 12.4 Å². The third kappa shape index (κ3) is 3.76. The fourth-order valence-electron chi connectivity index (χ4n) is 2.17. The summed E-state index contributed by atoms with van der Waals surface area (Å²) in [6, 6.07) is -0.203. The SMILES string of the molecule is COC(=O)Oc1cnn2c(Cl)c(-n3nc(C(F)(F)F)cc3C(F)(F)F)c(Cl)nc12. The molecule has 16 heteroatoms. The average Bonchev–Trinajstić information content (AvgIpc) is 3.19. The number of aromatic nitrogens is 5. The highest BCUT2D eigenvalue weighted by molar-refractivity contribution is 6.36. The average molecular weight is 464 g/mol. The molecule has 0 aromatic carbocycles. The van der Waals surface area contributed by atoms with E-state index < -0.39 is 45.9 Å². The molecule has 3 heterocycles. The molecule has 0 fully saturated rings. The molecule has 3 rings (SSSR count). The van der Waals surface area contributed by atoms with Crippen LogP contribution in [0.5, 0.6) is 5.75 Å². The zero-order valence-corrected chi connectivity index (χ0v) is 15.2. The van der Waals surface area contributed by atoms with Crippen molar-refractivity contribution in [1.82, 2.24) is 24.4 Å². The summed E-state index contributed by atoms with van der Waals surface area (Å²) in [6.45, 7) is 0. The standard InChI is InChI=1S/C13H5Cl2F6N5O3/c1-28-11(27)29-4-3-22-26-9(15)7(8(14)23-10(4)26)25-6(13(19,20)21)2-5(24-25)12(16,17)18/h2-3H,1H3. The van der Waals surface area contributed by atoms with Crippen LogP contribution in [-0.4, -0.2) is 37.6 Å². The second-order valence-corrected chi connectivity index (χ2v) is 5.88. The molecule has 0 aliphatic rings. The zero-order chi connectivity index (χ0) is 21.7. The Morgan fingerprint density at radius 3 is 2.34 bits per heavy atom. The second-order valence-electron chi connectivity index (χ2n) is 5.16. The van der Waals surface area contributed by atoms with Crippen LogP contribution >= 0.6 is 23.2 Å². The number of ether oxygens (including phenoxy) is 2. The van der Waals surface area contributed by atoms with Gasteiger partial charge in [0.25, 0.3) is 0 Å². The molecule has 0 aliphatic carbocycles. The molecule has 0 atom stereocenters. The zero-order valence-electron chi connectivity index (χ0n) is 13.6. The van der Waals surface area contributed by atoms with E-state index in [1.165, 1.54) is 0 Å². The van der Waals surface area contributed by atoms with Crippen molar-refractivity contribution in [2.24, 2.45) is 0 Å². The summed E-state index contributed by atoms with van der Waals surface area (Å²) in [5, 5.41) is 5.16. The van der Waals surface area contributed by atoms with E-state index in [9.17, 15) is 31.1 Å². The Balaban J connectivity index is 2.26. The third-order valence-corrected chi connectivity index (χ3v) is 3.96. The largest absolute Gasteiger partial charge is 0.513 e. The number of nitrogens with zero attached hydrogens (tertiary/aromatic N) is 5. The molecule has 0 saturated heterocycles. The van der Waals surface area contributed by atoms with E-state index in [0.717, 1.165) is 13.3 Å². The first-order chi connectivity index (χ1) is 13.3. The molecule has 156 valence electrons. The summed E-state index contributed by atoms with van der Waals surface area (Å²) >= 11 is 11.9. The molecule has 29 heavy (non-hydrogen) atoms. The summed E-state index contributed by atoms with van der Waals surface area (Å²) < 4.78 is 88.1. The summed E-state index contributed by atoms with van der Waals surface area (Å²) in [7, 11) is 1.01. The number of fused-ring (bicyclic) bond motifs is 1. The van der Waals surface area contributed by atoms with Gasteiger partial charge in [0, 0.05) is 6.07 Å². The maximum Gasteiger partial charge on any atom is 0.513 e. The van der Waals surface area contributed by atoms with Crippen molar-refractivity contribution in [2.75, 3.05) is 7.11 Å². The Hall–Kier alpha value is -2.74. The molecule has 0 bridgehead atoms. The van der Waals surface area contributed by atoms with Crippen LogP contribution in [-0.2, 0) is 17.1 Å².